The minimum Gasteiger partial charge on any atom is -0.408 e. The highest BCUT2D eigenvalue weighted by Crippen LogP contribution is 2.32. The molecule has 0 amide bonds. The van der Waals surface area contributed by atoms with Crippen LogP contribution in [0.25, 0.3) is 11.1 Å². The summed E-state index contributed by atoms with van der Waals surface area (Å²) in [6.45, 7) is 0. The van der Waals surface area contributed by atoms with Crippen LogP contribution in [0.2, 0.25) is 0 Å². The molecule has 0 aliphatic rings. The maximum absolute atomic E-state index is 11.1. The Hall–Kier alpha value is -2.22. The van der Waals surface area contributed by atoms with Crippen molar-refractivity contribution in [3.63, 3.8) is 0 Å². The highest BCUT2D eigenvalue weighted by molar-refractivity contribution is 7.99. The van der Waals surface area contributed by atoms with Gasteiger partial charge in [0.2, 0.25) is 0 Å². The van der Waals surface area contributed by atoms with E-state index in [-0.39, 0.29) is 0 Å². The summed E-state index contributed by atoms with van der Waals surface area (Å²) in [6, 6.07) is 3.38. The Kier molecular flexibility index (Phi) is 2.37. The zero-order valence-corrected chi connectivity index (χ0v) is 10.2. The zero-order chi connectivity index (χ0) is 12.7. The molecule has 1 aromatic carbocycles. The number of hydrogen-bond acceptors (Lipinski definition) is 6. The number of nitrogens with two attached hydrogens (primary N) is 1. The minimum atomic E-state index is -0.495. The fraction of sp³-hybridized carbons (Fsp3) is 0.100. The van der Waals surface area contributed by atoms with Gasteiger partial charge >= 0.3 is 5.76 Å². The number of aromatic amines is 1. The largest absolute Gasteiger partial charge is 0.417 e. The van der Waals surface area contributed by atoms with Crippen LogP contribution in [0.15, 0.2) is 37.7 Å². The number of nitrogens with one attached hydrogen (secondary N) is 1. The van der Waals surface area contributed by atoms with Crippen molar-refractivity contribution in [1.29, 1.82) is 0 Å². The lowest BCUT2D eigenvalue weighted by Crippen LogP contribution is -1.94. The molecule has 0 unspecified atom stereocenters. The Balaban J connectivity index is 2.08. The average molecular weight is 263 g/mol. The van der Waals surface area contributed by atoms with E-state index in [9.17, 15) is 4.79 Å². The van der Waals surface area contributed by atoms with Crippen molar-refractivity contribution in [3.8, 4) is 0 Å². The highest BCUT2D eigenvalue weighted by atomic mass is 32.2. The first-order valence-corrected chi connectivity index (χ1v) is 5.89. The molecule has 0 aliphatic carbocycles. The van der Waals surface area contributed by atoms with Crippen LogP contribution < -0.4 is 11.5 Å². The van der Waals surface area contributed by atoms with Gasteiger partial charge in [0.15, 0.2) is 10.7 Å². The quantitative estimate of drug-likeness (QED) is 0.668. The van der Waals surface area contributed by atoms with Crippen molar-refractivity contribution in [2.45, 2.75) is 10.1 Å². The number of fused-ring (bicyclic) bond motifs is 1. The molecule has 0 aliphatic heterocycles. The molecule has 3 N–H and O–H groups in total. The maximum Gasteiger partial charge on any atom is 0.417 e. The molecule has 0 atom stereocenters. The first-order chi connectivity index (χ1) is 8.63. The van der Waals surface area contributed by atoms with Crippen LogP contribution in [-0.4, -0.2) is 19.7 Å². The molecular formula is C10H9N5O2S. The van der Waals surface area contributed by atoms with E-state index < -0.39 is 5.76 Å². The van der Waals surface area contributed by atoms with Crippen molar-refractivity contribution < 1.29 is 4.42 Å². The van der Waals surface area contributed by atoms with E-state index in [0.717, 1.165) is 4.90 Å². The van der Waals surface area contributed by atoms with Crippen LogP contribution in [0.5, 0.6) is 0 Å². The van der Waals surface area contributed by atoms with Crippen LogP contribution in [0.1, 0.15) is 0 Å². The first kappa shape index (κ1) is 10.9. The van der Waals surface area contributed by atoms with Gasteiger partial charge in [-0.05, 0) is 17.8 Å². The second kappa shape index (κ2) is 3.91. The number of hydrogen-bond donors (Lipinski definition) is 2. The molecule has 0 saturated heterocycles. The first-order valence-electron chi connectivity index (χ1n) is 5.07. The molecule has 0 spiro atoms. The van der Waals surface area contributed by atoms with Crippen LogP contribution in [-0.2, 0) is 7.05 Å². The number of aromatic nitrogens is 4. The van der Waals surface area contributed by atoms with Gasteiger partial charge in [0.1, 0.15) is 6.33 Å². The molecule has 18 heavy (non-hydrogen) atoms. The Morgan fingerprint density at radius 3 is 3.06 bits per heavy atom. The van der Waals surface area contributed by atoms with E-state index in [2.05, 4.69) is 15.1 Å². The van der Waals surface area contributed by atoms with E-state index in [1.54, 1.807) is 23.9 Å². The van der Waals surface area contributed by atoms with E-state index in [1.165, 1.54) is 18.1 Å². The molecule has 3 rings (SSSR count). The van der Waals surface area contributed by atoms with Crippen molar-refractivity contribution in [2.24, 2.45) is 7.05 Å². The van der Waals surface area contributed by atoms with Crippen LogP contribution >= 0.6 is 11.8 Å². The van der Waals surface area contributed by atoms with Gasteiger partial charge in [-0.1, -0.05) is 0 Å². The maximum atomic E-state index is 11.1. The Morgan fingerprint density at radius 1 is 1.50 bits per heavy atom. The minimum absolute atomic E-state index is 0.444. The zero-order valence-electron chi connectivity index (χ0n) is 9.38. The lowest BCUT2D eigenvalue weighted by molar-refractivity contribution is 0.555. The second-order valence-corrected chi connectivity index (χ2v) is 4.68. The van der Waals surface area contributed by atoms with Crippen LogP contribution in [0.4, 0.5) is 5.69 Å². The fourth-order valence-electron chi connectivity index (χ4n) is 1.56. The number of oxazole rings is 1. The molecule has 0 bridgehead atoms. The van der Waals surface area contributed by atoms with Gasteiger partial charge in [-0.2, -0.15) is 5.10 Å². The highest BCUT2D eigenvalue weighted by Gasteiger charge is 2.10. The third-order valence-electron chi connectivity index (χ3n) is 2.42. The standard InChI is InChI=1S/C10H9N5O2S/c1-15-9(12-4-13-15)18-8-3-6-7(2-5(8)11)17-10(16)14-6/h2-4H,11H2,1H3,(H,14,16). The topological polar surface area (TPSA) is 103 Å². The number of nitrogen functional groups attached to an aromatic ring is 1. The summed E-state index contributed by atoms with van der Waals surface area (Å²) < 4.78 is 6.57. The molecule has 8 heteroatoms. The predicted octanol–water partition coefficient (Wildman–Crippen LogP) is 0.983. The SMILES string of the molecule is Cn1ncnc1Sc1cc2[nH]c(=O)oc2cc1N. The van der Waals surface area contributed by atoms with Crippen molar-refractivity contribution in [1.82, 2.24) is 19.7 Å². The van der Waals surface area contributed by atoms with Gasteiger partial charge in [-0.15, -0.1) is 0 Å². The summed E-state index contributed by atoms with van der Waals surface area (Å²) in [7, 11) is 1.80. The molecule has 0 radical (unpaired) electrons. The van der Waals surface area contributed by atoms with Gasteiger partial charge in [0.25, 0.3) is 0 Å². The van der Waals surface area contributed by atoms with Gasteiger partial charge in [0.05, 0.1) is 5.52 Å². The molecule has 2 aromatic heterocycles. The van der Waals surface area contributed by atoms with Crippen LogP contribution in [0, 0.1) is 0 Å². The number of rotatable bonds is 2. The van der Waals surface area contributed by atoms with Gasteiger partial charge in [-0.3, -0.25) is 4.98 Å². The fourth-order valence-corrected chi connectivity index (χ4v) is 2.39. The number of nitrogens with zero attached hydrogens (tertiary/aromatic N) is 3. The average Bonchev–Trinajstić information content (AvgIpc) is 2.85. The third-order valence-corrected chi connectivity index (χ3v) is 3.55. The lowest BCUT2D eigenvalue weighted by atomic mass is 10.3. The van der Waals surface area contributed by atoms with Crippen molar-refractivity contribution in [3.05, 3.63) is 29.0 Å². The smallest absolute Gasteiger partial charge is 0.408 e. The lowest BCUT2D eigenvalue weighted by Gasteiger charge is -2.03. The Bertz CT molecular complexity index is 772. The molecule has 0 fully saturated rings. The van der Waals surface area contributed by atoms with Gasteiger partial charge < -0.3 is 10.2 Å². The molecular weight excluding hydrogens is 254 g/mol. The van der Waals surface area contributed by atoms with Crippen molar-refractivity contribution >= 4 is 28.5 Å². The number of benzene rings is 1. The molecule has 92 valence electrons. The van der Waals surface area contributed by atoms with E-state index in [4.69, 9.17) is 10.2 Å². The molecule has 3 aromatic rings. The van der Waals surface area contributed by atoms with Crippen molar-refractivity contribution in [2.75, 3.05) is 5.73 Å². The van der Waals surface area contributed by atoms with E-state index in [0.29, 0.717) is 21.9 Å². The Labute approximate surface area is 105 Å². The van der Waals surface area contributed by atoms with E-state index in [1.807, 2.05) is 0 Å². The molecule has 2 heterocycles. The number of anilines is 1. The normalized spacial score (nSPS) is 11.2. The summed E-state index contributed by atoms with van der Waals surface area (Å²) in [4.78, 5) is 18.6. The van der Waals surface area contributed by atoms with Gasteiger partial charge in [0, 0.05) is 23.7 Å². The van der Waals surface area contributed by atoms with E-state index >= 15 is 0 Å². The van der Waals surface area contributed by atoms with Gasteiger partial charge in [-0.25, -0.2) is 14.5 Å². The molecule has 0 saturated carbocycles. The molecule has 7 nitrogen and oxygen atoms in total. The second-order valence-electron chi connectivity index (χ2n) is 3.67. The summed E-state index contributed by atoms with van der Waals surface area (Å²) in [5, 5.41) is 4.69. The number of H-pyrrole nitrogens is 1. The summed E-state index contributed by atoms with van der Waals surface area (Å²) in [6.07, 6.45) is 1.47. The summed E-state index contributed by atoms with van der Waals surface area (Å²) >= 11 is 1.37. The summed E-state index contributed by atoms with van der Waals surface area (Å²) in [5.74, 6) is -0.495. The summed E-state index contributed by atoms with van der Waals surface area (Å²) in [5.41, 5.74) is 7.49. The van der Waals surface area contributed by atoms with Crippen LogP contribution in [0.3, 0.4) is 0 Å². The third kappa shape index (κ3) is 1.76. The predicted molar refractivity (Wildman–Crippen MR) is 66.4 cm³/mol. The number of aryl methyl sites for hydroxylation is 1. The monoisotopic (exact) mass is 263 g/mol. The Morgan fingerprint density at radius 2 is 2.33 bits per heavy atom.